The van der Waals surface area contributed by atoms with Gasteiger partial charge in [0.05, 0.1) is 13.2 Å². The largest absolute Gasteiger partial charge is 0.463 e. The molecule has 0 aromatic heterocycles. The second kappa shape index (κ2) is 8.15. The molecule has 0 aliphatic rings. The summed E-state index contributed by atoms with van der Waals surface area (Å²) >= 11 is 0. The van der Waals surface area contributed by atoms with Crippen LogP contribution in [0.4, 0.5) is 0 Å². The van der Waals surface area contributed by atoms with Gasteiger partial charge < -0.3 is 9.47 Å². The first-order valence-corrected chi connectivity index (χ1v) is 7.29. The van der Waals surface area contributed by atoms with E-state index in [1.807, 2.05) is 0 Å². The highest BCUT2D eigenvalue weighted by Crippen LogP contribution is 2.26. The Kier molecular flexibility index (Phi) is 7.64. The van der Waals surface area contributed by atoms with Crippen LogP contribution in [0.2, 0.25) is 0 Å². The van der Waals surface area contributed by atoms with E-state index in [1.165, 1.54) is 20.8 Å². The minimum atomic E-state index is -5.08. The molecule has 0 radical (unpaired) electrons. The standard InChI is InChI=1S/C10H18O9S/c1-4-16-9(12)10(17-5-2,20(13,14)15)7-8(11)19-18-6-3/h4-7H2,1-3H3,(H,13,14,15). The van der Waals surface area contributed by atoms with E-state index in [2.05, 4.69) is 14.5 Å². The van der Waals surface area contributed by atoms with Gasteiger partial charge in [0.25, 0.3) is 0 Å². The van der Waals surface area contributed by atoms with E-state index in [0.29, 0.717) is 0 Å². The van der Waals surface area contributed by atoms with Crippen LogP contribution in [-0.4, -0.2) is 49.7 Å². The number of rotatable bonds is 9. The molecule has 0 bridgehead atoms. The van der Waals surface area contributed by atoms with Gasteiger partial charge in [0.2, 0.25) is 0 Å². The van der Waals surface area contributed by atoms with Crippen molar-refractivity contribution in [2.45, 2.75) is 32.1 Å². The first-order valence-electron chi connectivity index (χ1n) is 5.85. The molecule has 1 N–H and O–H groups in total. The fourth-order valence-corrected chi connectivity index (χ4v) is 2.11. The number of hydrogen-bond donors (Lipinski definition) is 1. The quantitative estimate of drug-likeness (QED) is 0.272. The number of carbonyl (C=O) groups excluding carboxylic acids is 2. The zero-order chi connectivity index (χ0) is 15.8. The highest BCUT2D eigenvalue weighted by Gasteiger charge is 2.55. The van der Waals surface area contributed by atoms with Crippen molar-refractivity contribution in [1.29, 1.82) is 0 Å². The molecule has 0 spiro atoms. The summed E-state index contributed by atoms with van der Waals surface area (Å²) in [5.74, 6) is -2.61. The van der Waals surface area contributed by atoms with Crippen molar-refractivity contribution in [3.63, 3.8) is 0 Å². The monoisotopic (exact) mass is 314 g/mol. The molecule has 0 amide bonds. The van der Waals surface area contributed by atoms with Gasteiger partial charge >= 0.3 is 27.0 Å². The maximum atomic E-state index is 11.8. The third-order valence-corrected chi connectivity index (χ3v) is 3.29. The molecule has 0 fully saturated rings. The van der Waals surface area contributed by atoms with Crippen molar-refractivity contribution in [3.05, 3.63) is 0 Å². The van der Waals surface area contributed by atoms with Crippen LogP contribution in [0.15, 0.2) is 0 Å². The molecule has 0 saturated heterocycles. The summed E-state index contributed by atoms with van der Waals surface area (Å²) in [5.41, 5.74) is 0. The average molecular weight is 314 g/mol. The highest BCUT2D eigenvalue weighted by molar-refractivity contribution is 7.88. The summed E-state index contributed by atoms with van der Waals surface area (Å²) in [6.45, 7) is 3.93. The fraction of sp³-hybridized carbons (Fsp3) is 0.800. The van der Waals surface area contributed by atoms with E-state index in [4.69, 9.17) is 4.74 Å². The van der Waals surface area contributed by atoms with Gasteiger partial charge in [-0.3, -0.25) is 9.44 Å². The first kappa shape index (κ1) is 18.8. The first-order chi connectivity index (χ1) is 9.25. The van der Waals surface area contributed by atoms with Gasteiger partial charge in [-0.2, -0.15) is 13.3 Å². The maximum Gasteiger partial charge on any atom is 0.357 e. The Labute approximate surface area is 116 Å². The number of hydrogen-bond acceptors (Lipinski definition) is 8. The second-order valence-corrected chi connectivity index (χ2v) is 5.03. The van der Waals surface area contributed by atoms with Crippen LogP contribution in [0.3, 0.4) is 0 Å². The smallest absolute Gasteiger partial charge is 0.357 e. The number of esters is 1. The molecule has 9 nitrogen and oxygen atoms in total. The minimum absolute atomic E-state index is 0.0264. The summed E-state index contributed by atoms with van der Waals surface area (Å²) < 4.78 is 41.5. The van der Waals surface area contributed by atoms with Crippen molar-refractivity contribution in [3.8, 4) is 0 Å². The lowest BCUT2D eigenvalue weighted by Crippen LogP contribution is -2.51. The van der Waals surface area contributed by atoms with Crippen molar-refractivity contribution >= 4 is 22.1 Å². The molecule has 0 saturated carbocycles. The van der Waals surface area contributed by atoms with Crippen LogP contribution in [0, 0.1) is 0 Å². The average Bonchev–Trinajstić information content (AvgIpc) is 2.34. The maximum absolute atomic E-state index is 11.8. The van der Waals surface area contributed by atoms with Gasteiger partial charge in [0.1, 0.15) is 6.42 Å². The molecule has 0 heterocycles. The third kappa shape index (κ3) is 4.71. The summed E-state index contributed by atoms with van der Waals surface area (Å²) in [7, 11) is -5.08. The van der Waals surface area contributed by atoms with Gasteiger partial charge in [-0.25, -0.2) is 9.59 Å². The SMILES string of the molecule is CCOOC(=O)CC(OCC)(C(=O)OCC)S(=O)(=O)O. The predicted molar refractivity (Wildman–Crippen MR) is 64.9 cm³/mol. The van der Waals surface area contributed by atoms with Gasteiger partial charge in [0.15, 0.2) is 0 Å². The molecule has 0 aromatic carbocycles. The Bertz CT molecular complexity index is 430. The van der Waals surface area contributed by atoms with E-state index < -0.39 is 33.4 Å². The van der Waals surface area contributed by atoms with Crippen LogP contribution in [0.1, 0.15) is 27.2 Å². The topological polar surface area (TPSA) is 125 Å². The molecule has 10 heteroatoms. The van der Waals surface area contributed by atoms with Gasteiger partial charge in [0, 0.05) is 6.61 Å². The summed E-state index contributed by atoms with van der Waals surface area (Å²) in [6.07, 6.45) is -1.10. The zero-order valence-electron chi connectivity index (χ0n) is 11.4. The minimum Gasteiger partial charge on any atom is -0.463 e. The van der Waals surface area contributed by atoms with Crippen molar-refractivity contribution in [1.82, 2.24) is 0 Å². The van der Waals surface area contributed by atoms with E-state index >= 15 is 0 Å². The zero-order valence-corrected chi connectivity index (χ0v) is 12.3. The lowest BCUT2D eigenvalue weighted by atomic mass is 10.2. The predicted octanol–water partition coefficient (Wildman–Crippen LogP) is 0.0549. The normalized spacial score (nSPS) is 14.4. The summed E-state index contributed by atoms with van der Waals surface area (Å²) in [6, 6.07) is 0. The highest BCUT2D eigenvalue weighted by atomic mass is 32.2. The number of carbonyl (C=O) groups is 2. The van der Waals surface area contributed by atoms with E-state index in [-0.39, 0.29) is 19.8 Å². The molecular weight excluding hydrogens is 296 g/mol. The number of ether oxygens (including phenoxy) is 2. The third-order valence-electron chi connectivity index (χ3n) is 2.03. The van der Waals surface area contributed by atoms with Crippen LogP contribution in [0.25, 0.3) is 0 Å². The van der Waals surface area contributed by atoms with Crippen molar-refractivity contribution in [2.24, 2.45) is 0 Å². The Morgan fingerprint density at radius 3 is 2.10 bits per heavy atom. The molecule has 0 aliphatic heterocycles. The Morgan fingerprint density at radius 2 is 1.70 bits per heavy atom. The summed E-state index contributed by atoms with van der Waals surface area (Å²) in [4.78, 5) is 28.9. The molecule has 20 heavy (non-hydrogen) atoms. The Balaban J connectivity index is 5.41. The Morgan fingerprint density at radius 1 is 1.10 bits per heavy atom. The van der Waals surface area contributed by atoms with Gasteiger partial charge in [-0.15, -0.1) is 0 Å². The molecule has 1 atom stereocenters. The molecule has 0 rings (SSSR count). The molecule has 0 aromatic rings. The molecule has 118 valence electrons. The van der Waals surface area contributed by atoms with E-state index in [0.717, 1.165) is 0 Å². The lowest BCUT2D eigenvalue weighted by molar-refractivity contribution is -0.271. The molecular formula is C10H18O9S. The molecule has 0 aliphatic carbocycles. The van der Waals surface area contributed by atoms with E-state index in [9.17, 15) is 22.6 Å². The van der Waals surface area contributed by atoms with E-state index in [1.54, 1.807) is 0 Å². The lowest BCUT2D eigenvalue weighted by Gasteiger charge is -2.26. The van der Waals surface area contributed by atoms with Crippen LogP contribution < -0.4 is 0 Å². The second-order valence-electron chi connectivity index (χ2n) is 3.42. The van der Waals surface area contributed by atoms with Gasteiger partial charge in [-0.05, 0) is 20.8 Å². The summed E-state index contributed by atoms with van der Waals surface area (Å²) in [5, 5.41) is 0. The van der Waals surface area contributed by atoms with Crippen LogP contribution in [-0.2, 0) is 39.0 Å². The van der Waals surface area contributed by atoms with Crippen LogP contribution in [0.5, 0.6) is 0 Å². The van der Waals surface area contributed by atoms with Crippen molar-refractivity contribution < 1.29 is 41.8 Å². The molecule has 1 unspecified atom stereocenters. The fourth-order valence-electron chi connectivity index (χ4n) is 1.27. The van der Waals surface area contributed by atoms with Gasteiger partial charge in [-0.1, -0.05) is 0 Å². The Hall–Kier alpha value is -1.23. The van der Waals surface area contributed by atoms with Crippen molar-refractivity contribution in [2.75, 3.05) is 19.8 Å². The van der Waals surface area contributed by atoms with Crippen LogP contribution >= 0.6 is 0 Å².